The van der Waals surface area contributed by atoms with E-state index in [4.69, 9.17) is 0 Å². The summed E-state index contributed by atoms with van der Waals surface area (Å²) in [6.07, 6.45) is 3.96. The quantitative estimate of drug-likeness (QED) is 0.767. The minimum Gasteiger partial charge on any atom is -0.385 e. The van der Waals surface area contributed by atoms with E-state index in [1.54, 1.807) is 6.20 Å². The lowest BCUT2D eigenvalue weighted by Crippen LogP contribution is -2.25. The standard InChI is InChI=1S/C12H23N3O/c1-4-14(5-2)9-7-11(16)12-13-8-10-15(12)6-3/h8,10-11,16H,4-7,9H2,1-3H3. The molecule has 16 heavy (non-hydrogen) atoms. The molecule has 0 aromatic carbocycles. The lowest BCUT2D eigenvalue weighted by atomic mass is 10.2. The molecule has 0 spiro atoms. The second-order valence-electron chi connectivity index (χ2n) is 3.90. The molecule has 0 aliphatic rings. The molecule has 0 aliphatic carbocycles. The molecule has 1 heterocycles. The number of aryl methyl sites for hydroxylation is 1. The van der Waals surface area contributed by atoms with Gasteiger partial charge in [0.05, 0.1) is 0 Å². The highest BCUT2D eigenvalue weighted by Crippen LogP contribution is 2.15. The fourth-order valence-electron chi connectivity index (χ4n) is 1.86. The molecule has 1 rings (SSSR count). The van der Waals surface area contributed by atoms with Crippen LogP contribution in [0.15, 0.2) is 12.4 Å². The smallest absolute Gasteiger partial charge is 0.137 e. The van der Waals surface area contributed by atoms with Gasteiger partial charge in [0.25, 0.3) is 0 Å². The number of hydrogen-bond acceptors (Lipinski definition) is 3. The van der Waals surface area contributed by atoms with Crippen molar-refractivity contribution in [2.75, 3.05) is 19.6 Å². The van der Waals surface area contributed by atoms with Gasteiger partial charge in [-0.15, -0.1) is 0 Å². The first-order chi connectivity index (χ1) is 7.72. The maximum absolute atomic E-state index is 10.1. The maximum Gasteiger partial charge on any atom is 0.137 e. The van der Waals surface area contributed by atoms with Crippen LogP contribution in [0.25, 0.3) is 0 Å². The number of aliphatic hydroxyl groups is 1. The molecule has 1 N–H and O–H groups in total. The van der Waals surface area contributed by atoms with Gasteiger partial charge in [-0.05, 0) is 26.4 Å². The van der Waals surface area contributed by atoms with Crippen molar-refractivity contribution >= 4 is 0 Å². The Labute approximate surface area is 97.9 Å². The predicted octanol–water partition coefficient (Wildman–Crippen LogP) is 1.67. The molecule has 4 heteroatoms. The van der Waals surface area contributed by atoms with Gasteiger partial charge in [0, 0.05) is 25.5 Å². The summed E-state index contributed by atoms with van der Waals surface area (Å²) in [7, 11) is 0. The molecule has 0 aliphatic heterocycles. The SMILES string of the molecule is CCN(CC)CCC(O)c1nccn1CC. The zero-order chi connectivity index (χ0) is 12.0. The van der Waals surface area contributed by atoms with Gasteiger partial charge in [-0.1, -0.05) is 13.8 Å². The fraction of sp³-hybridized carbons (Fsp3) is 0.750. The number of imidazole rings is 1. The fourth-order valence-corrected chi connectivity index (χ4v) is 1.86. The number of aromatic nitrogens is 2. The van der Waals surface area contributed by atoms with E-state index in [2.05, 4.69) is 30.7 Å². The van der Waals surface area contributed by atoms with Crippen molar-refractivity contribution in [2.24, 2.45) is 0 Å². The number of hydrogen-bond donors (Lipinski definition) is 1. The zero-order valence-electron chi connectivity index (χ0n) is 10.6. The van der Waals surface area contributed by atoms with Crippen LogP contribution in [0.5, 0.6) is 0 Å². The van der Waals surface area contributed by atoms with Crippen molar-refractivity contribution in [3.05, 3.63) is 18.2 Å². The average Bonchev–Trinajstić information content (AvgIpc) is 2.78. The first-order valence-electron chi connectivity index (χ1n) is 6.14. The van der Waals surface area contributed by atoms with E-state index >= 15 is 0 Å². The second-order valence-corrected chi connectivity index (χ2v) is 3.90. The maximum atomic E-state index is 10.1. The lowest BCUT2D eigenvalue weighted by Gasteiger charge is -2.20. The van der Waals surface area contributed by atoms with Crippen LogP contribution >= 0.6 is 0 Å². The summed E-state index contributed by atoms with van der Waals surface area (Å²) in [6, 6.07) is 0. The van der Waals surface area contributed by atoms with Crippen LogP contribution in [0.4, 0.5) is 0 Å². The van der Waals surface area contributed by atoms with Crippen molar-refractivity contribution in [3.8, 4) is 0 Å². The Hall–Kier alpha value is -0.870. The normalized spacial score (nSPS) is 13.3. The monoisotopic (exact) mass is 225 g/mol. The molecule has 0 fully saturated rings. The highest BCUT2D eigenvalue weighted by Gasteiger charge is 2.13. The summed E-state index contributed by atoms with van der Waals surface area (Å²) < 4.78 is 1.99. The third-order valence-corrected chi connectivity index (χ3v) is 3.00. The molecule has 0 saturated heterocycles. The van der Waals surface area contributed by atoms with Gasteiger partial charge in [0.1, 0.15) is 11.9 Å². The number of aliphatic hydroxyl groups excluding tert-OH is 1. The molecule has 1 aromatic rings. The van der Waals surface area contributed by atoms with Crippen molar-refractivity contribution in [3.63, 3.8) is 0 Å². The van der Waals surface area contributed by atoms with Crippen molar-refractivity contribution in [1.82, 2.24) is 14.5 Å². The molecule has 0 saturated carbocycles. The number of rotatable bonds is 7. The Bertz CT molecular complexity index is 294. The van der Waals surface area contributed by atoms with Gasteiger partial charge in [-0.25, -0.2) is 4.98 Å². The molecule has 4 nitrogen and oxygen atoms in total. The van der Waals surface area contributed by atoms with Crippen LogP contribution in [-0.4, -0.2) is 39.2 Å². The molecule has 0 amide bonds. The summed E-state index contributed by atoms with van der Waals surface area (Å²) in [4.78, 5) is 6.52. The third kappa shape index (κ3) is 3.32. The van der Waals surface area contributed by atoms with Crippen molar-refractivity contribution in [1.29, 1.82) is 0 Å². The van der Waals surface area contributed by atoms with Crippen LogP contribution in [0, 0.1) is 0 Å². The minimum absolute atomic E-state index is 0.449. The van der Waals surface area contributed by atoms with Crippen LogP contribution in [0.3, 0.4) is 0 Å². The zero-order valence-corrected chi connectivity index (χ0v) is 10.6. The van der Waals surface area contributed by atoms with Gasteiger partial charge < -0.3 is 14.6 Å². The van der Waals surface area contributed by atoms with E-state index in [9.17, 15) is 5.11 Å². The second kappa shape index (κ2) is 6.66. The van der Waals surface area contributed by atoms with E-state index < -0.39 is 6.10 Å². The third-order valence-electron chi connectivity index (χ3n) is 3.00. The Morgan fingerprint density at radius 2 is 2.06 bits per heavy atom. The largest absolute Gasteiger partial charge is 0.385 e. The molecule has 1 atom stereocenters. The molecule has 0 radical (unpaired) electrons. The Balaban J connectivity index is 2.49. The van der Waals surface area contributed by atoms with Crippen LogP contribution in [0.2, 0.25) is 0 Å². The molecular formula is C12H23N3O. The summed E-state index contributed by atoms with van der Waals surface area (Å²) >= 11 is 0. The van der Waals surface area contributed by atoms with Crippen molar-refractivity contribution < 1.29 is 5.11 Å². The summed E-state index contributed by atoms with van der Waals surface area (Å²) in [5.74, 6) is 0.787. The van der Waals surface area contributed by atoms with E-state index in [0.717, 1.165) is 38.4 Å². The van der Waals surface area contributed by atoms with Crippen LogP contribution in [-0.2, 0) is 6.54 Å². The lowest BCUT2D eigenvalue weighted by molar-refractivity contribution is 0.133. The van der Waals surface area contributed by atoms with E-state index in [-0.39, 0.29) is 0 Å². The molecule has 1 aromatic heterocycles. The average molecular weight is 225 g/mol. The summed E-state index contributed by atoms with van der Waals surface area (Å²) in [5.41, 5.74) is 0. The van der Waals surface area contributed by atoms with Crippen molar-refractivity contribution in [2.45, 2.75) is 39.8 Å². The van der Waals surface area contributed by atoms with Gasteiger partial charge in [-0.2, -0.15) is 0 Å². The molecule has 0 bridgehead atoms. The Morgan fingerprint density at radius 1 is 1.38 bits per heavy atom. The first-order valence-corrected chi connectivity index (χ1v) is 6.14. The van der Waals surface area contributed by atoms with E-state index in [1.165, 1.54) is 0 Å². The number of nitrogens with zero attached hydrogens (tertiary/aromatic N) is 3. The minimum atomic E-state index is -0.449. The van der Waals surface area contributed by atoms with E-state index in [1.807, 2.05) is 10.8 Å². The van der Waals surface area contributed by atoms with Gasteiger partial charge in [-0.3, -0.25) is 0 Å². The van der Waals surface area contributed by atoms with Crippen LogP contribution < -0.4 is 0 Å². The van der Waals surface area contributed by atoms with Crippen LogP contribution in [0.1, 0.15) is 39.1 Å². The summed E-state index contributed by atoms with van der Waals surface area (Å²) in [6.45, 7) is 10.2. The Kier molecular flexibility index (Phi) is 5.49. The molecule has 92 valence electrons. The van der Waals surface area contributed by atoms with Gasteiger partial charge in [0.2, 0.25) is 0 Å². The molecule has 1 unspecified atom stereocenters. The topological polar surface area (TPSA) is 41.3 Å². The predicted molar refractivity (Wildman–Crippen MR) is 65.3 cm³/mol. The first kappa shape index (κ1) is 13.2. The van der Waals surface area contributed by atoms with Gasteiger partial charge in [0.15, 0.2) is 0 Å². The van der Waals surface area contributed by atoms with E-state index in [0.29, 0.717) is 0 Å². The van der Waals surface area contributed by atoms with Gasteiger partial charge >= 0.3 is 0 Å². The molecular weight excluding hydrogens is 202 g/mol. The Morgan fingerprint density at radius 3 is 2.62 bits per heavy atom. The summed E-state index contributed by atoms with van der Waals surface area (Å²) in [5, 5.41) is 10.1. The highest BCUT2D eigenvalue weighted by molar-refractivity contribution is 4.96. The highest BCUT2D eigenvalue weighted by atomic mass is 16.3.